The van der Waals surface area contributed by atoms with Crippen LogP contribution in [-0.2, 0) is 0 Å². The largest absolute Gasteiger partial charge is 0.396 e. The van der Waals surface area contributed by atoms with Gasteiger partial charge in [-0.25, -0.2) is 0 Å². The molecule has 24 heavy (non-hydrogen) atoms. The van der Waals surface area contributed by atoms with Crippen molar-refractivity contribution >= 4 is 17.3 Å². The second-order valence-electron chi connectivity index (χ2n) is 5.35. The molecular formula is C17H19N3O4. The summed E-state index contributed by atoms with van der Waals surface area (Å²) >= 11 is 0. The highest BCUT2D eigenvalue weighted by atomic mass is 16.6. The average molecular weight is 329 g/mol. The van der Waals surface area contributed by atoms with E-state index < -0.39 is 10.8 Å². The maximum atomic E-state index is 12.8. The molecule has 0 radical (unpaired) electrons. The Morgan fingerprint density at radius 2 is 1.92 bits per heavy atom. The molecule has 0 aliphatic heterocycles. The standard InChI is InChI=1S/C17H19N3O4/c1-19(14(10-11-21)12-6-3-2-4-7-12)17(22)13-8-5-9-15(16(13)18)20(23)24/h2-9,14,21H,10-11,18H2,1H3. The van der Waals surface area contributed by atoms with E-state index in [1.54, 1.807) is 7.05 Å². The highest BCUT2D eigenvalue weighted by molar-refractivity contribution is 6.01. The van der Waals surface area contributed by atoms with Gasteiger partial charge < -0.3 is 15.7 Å². The number of nitro benzene ring substituents is 1. The first-order chi connectivity index (χ1) is 11.5. The number of aliphatic hydroxyl groups excluding tert-OH is 1. The van der Waals surface area contributed by atoms with Gasteiger partial charge >= 0.3 is 0 Å². The summed E-state index contributed by atoms with van der Waals surface area (Å²) in [4.78, 5) is 24.6. The molecule has 7 heteroatoms. The third-order valence-electron chi connectivity index (χ3n) is 3.88. The third-order valence-corrected chi connectivity index (χ3v) is 3.88. The minimum atomic E-state index is -0.617. The van der Waals surface area contributed by atoms with Crippen molar-refractivity contribution in [1.82, 2.24) is 4.90 Å². The molecule has 0 aromatic heterocycles. The molecule has 0 saturated heterocycles. The summed E-state index contributed by atoms with van der Waals surface area (Å²) in [6, 6.07) is 13.1. The number of para-hydroxylation sites is 1. The Kier molecular flexibility index (Phi) is 5.49. The summed E-state index contributed by atoms with van der Waals surface area (Å²) in [6.07, 6.45) is 0.348. The Morgan fingerprint density at radius 3 is 2.50 bits per heavy atom. The predicted molar refractivity (Wildman–Crippen MR) is 90.5 cm³/mol. The lowest BCUT2D eigenvalue weighted by atomic mass is 10.0. The van der Waals surface area contributed by atoms with Crippen molar-refractivity contribution in [3.05, 3.63) is 69.8 Å². The number of nitrogen functional groups attached to an aromatic ring is 1. The molecule has 0 bridgehead atoms. The van der Waals surface area contributed by atoms with Gasteiger partial charge in [-0.2, -0.15) is 0 Å². The quantitative estimate of drug-likeness (QED) is 0.480. The van der Waals surface area contributed by atoms with Crippen molar-refractivity contribution in [2.75, 3.05) is 19.4 Å². The monoisotopic (exact) mass is 329 g/mol. The number of amides is 1. The fourth-order valence-electron chi connectivity index (χ4n) is 2.61. The molecule has 0 saturated carbocycles. The van der Waals surface area contributed by atoms with Crippen LogP contribution >= 0.6 is 0 Å². The Hall–Kier alpha value is -2.93. The van der Waals surface area contributed by atoms with Crippen LogP contribution in [0.5, 0.6) is 0 Å². The molecule has 0 aliphatic rings. The minimum Gasteiger partial charge on any atom is -0.396 e. The van der Waals surface area contributed by atoms with Crippen LogP contribution in [0, 0.1) is 10.1 Å². The highest BCUT2D eigenvalue weighted by Gasteiger charge is 2.26. The number of hydrogen-bond donors (Lipinski definition) is 2. The molecule has 0 heterocycles. The number of anilines is 1. The number of rotatable bonds is 6. The zero-order chi connectivity index (χ0) is 17.7. The molecule has 126 valence electrons. The molecule has 1 unspecified atom stereocenters. The number of hydrogen-bond acceptors (Lipinski definition) is 5. The van der Waals surface area contributed by atoms with Gasteiger partial charge in [-0.1, -0.05) is 36.4 Å². The summed E-state index contributed by atoms with van der Waals surface area (Å²) in [7, 11) is 1.59. The number of nitrogens with two attached hydrogens (primary N) is 1. The van der Waals surface area contributed by atoms with Crippen LogP contribution in [0.4, 0.5) is 11.4 Å². The maximum absolute atomic E-state index is 12.8. The Morgan fingerprint density at radius 1 is 1.25 bits per heavy atom. The predicted octanol–water partition coefficient (Wildman–Crippen LogP) is 2.37. The Labute approximate surface area is 139 Å². The molecule has 0 aliphatic carbocycles. The summed E-state index contributed by atoms with van der Waals surface area (Å²) in [5.74, 6) is -0.432. The topological polar surface area (TPSA) is 110 Å². The minimum absolute atomic E-state index is 0.0746. The van der Waals surface area contributed by atoms with Gasteiger partial charge in [0.05, 0.1) is 16.5 Å². The van der Waals surface area contributed by atoms with Crippen molar-refractivity contribution < 1.29 is 14.8 Å². The molecule has 0 spiro atoms. The molecule has 0 fully saturated rings. The summed E-state index contributed by atoms with van der Waals surface area (Å²) in [6.45, 7) is -0.0956. The lowest BCUT2D eigenvalue weighted by Crippen LogP contribution is -2.32. The van der Waals surface area contributed by atoms with E-state index in [-0.39, 0.29) is 29.6 Å². The van der Waals surface area contributed by atoms with E-state index in [1.807, 2.05) is 30.3 Å². The van der Waals surface area contributed by atoms with E-state index in [9.17, 15) is 20.0 Å². The molecule has 2 aromatic carbocycles. The fourth-order valence-corrected chi connectivity index (χ4v) is 2.61. The van der Waals surface area contributed by atoms with Gasteiger partial charge in [0.25, 0.3) is 11.6 Å². The van der Waals surface area contributed by atoms with Crippen molar-refractivity contribution in [2.24, 2.45) is 0 Å². The zero-order valence-electron chi connectivity index (χ0n) is 13.3. The van der Waals surface area contributed by atoms with Gasteiger partial charge in [0.15, 0.2) is 0 Å². The van der Waals surface area contributed by atoms with Gasteiger partial charge in [0.2, 0.25) is 0 Å². The van der Waals surface area contributed by atoms with Gasteiger partial charge in [-0.3, -0.25) is 14.9 Å². The lowest BCUT2D eigenvalue weighted by molar-refractivity contribution is -0.383. The van der Waals surface area contributed by atoms with Crippen LogP contribution < -0.4 is 5.73 Å². The van der Waals surface area contributed by atoms with Gasteiger partial charge in [-0.05, 0) is 18.1 Å². The molecule has 1 amide bonds. The summed E-state index contributed by atoms with van der Waals surface area (Å²) in [5, 5.41) is 20.3. The highest BCUT2D eigenvalue weighted by Crippen LogP contribution is 2.29. The molecule has 1 atom stereocenters. The lowest BCUT2D eigenvalue weighted by Gasteiger charge is -2.28. The van der Waals surface area contributed by atoms with Crippen molar-refractivity contribution in [1.29, 1.82) is 0 Å². The van der Waals surface area contributed by atoms with E-state index in [4.69, 9.17) is 5.73 Å². The van der Waals surface area contributed by atoms with Crippen molar-refractivity contribution in [3.63, 3.8) is 0 Å². The van der Waals surface area contributed by atoms with E-state index in [0.717, 1.165) is 5.56 Å². The molecular weight excluding hydrogens is 310 g/mol. The Balaban J connectivity index is 2.37. The normalized spacial score (nSPS) is 11.8. The fraction of sp³-hybridized carbons (Fsp3) is 0.235. The smallest absolute Gasteiger partial charge is 0.292 e. The van der Waals surface area contributed by atoms with Crippen LogP contribution in [0.1, 0.15) is 28.4 Å². The van der Waals surface area contributed by atoms with Crippen molar-refractivity contribution in [3.8, 4) is 0 Å². The van der Waals surface area contributed by atoms with E-state index in [2.05, 4.69) is 0 Å². The number of carbonyl (C=O) groups excluding carboxylic acids is 1. The number of nitro groups is 1. The zero-order valence-corrected chi connectivity index (χ0v) is 13.3. The molecule has 2 rings (SSSR count). The SMILES string of the molecule is CN(C(=O)c1cccc([N+](=O)[O-])c1N)C(CCO)c1ccccc1. The van der Waals surface area contributed by atoms with Gasteiger partial charge in [-0.15, -0.1) is 0 Å². The van der Waals surface area contributed by atoms with Crippen LogP contribution in [0.25, 0.3) is 0 Å². The molecule has 2 aromatic rings. The second kappa shape index (κ2) is 7.56. The number of benzene rings is 2. The van der Waals surface area contributed by atoms with Crippen LogP contribution in [0.15, 0.2) is 48.5 Å². The van der Waals surface area contributed by atoms with Crippen molar-refractivity contribution in [2.45, 2.75) is 12.5 Å². The second-order valence-corrected chi connectivity index (χ2v) is 5.35. The number of aliphatic hydroxyl groups is 1. The Bertz CT molecular complexity index is 734. The maximum Gasteiger partial charge on any atom is 0.292 e. The molecule has 3 N–H and O–H groups in total. The van der Waals surface area contributed by atoms with E-state index in [1.165, 1.54) is 23.1 Å². The number of carbonyl (C=O) groups is 1. The van der Waals surface area contributed by atoms with Crippen LogP contribution in [0.3, 0.4) is 0 Å². The average Bonchev–Trinajstić information content (AvgIpc) is 2.59. The van der Waals surface area contributed by atoms with Crippen LogP contribution in [-0.4, -0.2) is 34.5 Å². The third kappa shape index (κ3) is 3.52. The first-order valence-electron chi connectivity index (χ1n) is 7.43. The van der Waals surface area contributed by atoms with E-state index >= 15 is 0 Å². The van der Waals surface area contributed by atoms with E-state index in [0.29, 0.717) is 6.42 Å². The van der Waals surface area contributed by atoms with Gasteiger partial charge in [0.1, 0.15) is 5.69 Å². The van der Waals surface area contributed by atoms with Gasteiger partial charge in [0, 0.05) is 19.7 Å². The number of nitrogens with zero attached hydrogens (tertiary/aromatic N) is 2. The summed E-state index contributed by atoms with van der Waals surface area (Å²) < 4.78 is 0. The first kappa shape index (κ1) is 17.4. The molecule has 7 nitrogen and oxygen atoms in total. The summed E-state index contributed by atoms with van der Waals surface area (Å²) in [5.41, 5.74) is 6.28. The first-order valence-corrected chi connectivity index (χ1v) is 7.43. The van der Waals surface area contributed by atoms with Crippen LogP contribution in [0.2, 0.25) is 0 Å².